The zero-order valence-corrected chi connectivity index (χ0v) is 7.46. The Morgan fingerprint density at radius 3 is 1.86 bits per heavy atom. The van der Waals surface area contributed by atoms with Crippen LogP contribution in [0, 0.1) is 0 Å². The fourth-order valence-corrected chi connectivity index (χ4v) is 1.28. The Kier molecular flexibility index (Phi) is 3.28. The van der Waals surface area contributed by atoms with E-state index in [2.05, 4.69) is 0 Å². The molecule has 0 amide bonds. The first-order chi connectivity index (χ1) is 6.59. The number of carbonyl (C=O) groups is 2. The van der Waals surface area contributed by atoms with Crippen LogP contribution in [-0.4, -0.2) is 26.7 Å². The van der Waals surface area contributed by atoms with Gasteiger partial charge in [0.15, 0.2) is 0 Å². The monoisotopic (exact) mass is 197 g/mol. The Bertz CT molecular complexity index is 302. The van der Waals surface area contributed by atoms with Gasteiger partial charge in [-0.2, -0.15) is 0 Å². The zero-order chi connectivity index (χ0) is 10.6. The van der Waals surface area contributed by atoms with E-state index in [9.17, 15) is 9.59 Å². The molecule has 5 heteroatoms. The number of carboxylic acids is 2. The minimum Gasteiger partial charge on any atom is -0.481 e. The number of aromatic nitrogens is 1. The van der Waals surface area contributed by atoms with Crippen molar-refractivity contribution in [3.05, 3.63) is 24.5 Å². The van der Waals surface area contributed by atoms with Gasteiger partial charge < -0.3 is 14.8 Å². The van der Waals surface area contributed by atoms with Gasteiger partial charge >= 0.3 is 11.9 Å². The molecule has 0 radical (unpaired) electrons. The van der Waals surface area contributed by atoms with Crippen molar-refractivity contribution in [1.29, 1.82) is 0 Å². The standard InChI is InChI=1S/C9H11NO4/c11-8(12)5-7(6-9(13)14)10-3-1-2-4-10/h1-4,7H,5-6H2,(H,11,12)(H,13,14). The number of nitrogens with zero attached hydrogens (tertiary/aromatic N) is 1. The maximum absolute atomic E-state index is 10.5. The van der Waals surface area contributed by atoms with E-state index in [-0.39, 0.29) is 12.8 Å². The summed E-state index contributed by atoms with van der Waals surface area (Å²) in [5, 5.41) is 17.2. The van der Waals surface area contributed by atoms with Gasteiger partial charge in [-0.3, -0.25) is 9.59 Å². The Labute approximate surface area is 80.6 Å². The third kappa shape index (κ3) is 2.93. The molecule has 0 saturated carbocycles. The smallest absolute Gasteiger partial charge is 0.305 e. The third-order valence-electron chi connectivity index (χ3n) is 1.87. The van der Waals surface area contributed by atoms with E-state index in [4.69, 9.17) is 10.2 Å². The molecule has 0 aliphatic rings. The van der Waals surface area contributed by atoms with E-state index in [0.717, 1.165) is 0 Å². The lowest BCUT2D eigenvalue weighted by Crippen LogP contribution is -2.16. The highest BCUT2D eigenvalue weighted by atomic mass is 16.4. The number of carboxylic acid groups (broad SMARTS) is 2. The first-order valence-corrected chi connectivity index (χ1v) is 4.15. The second kappa shape index (κ2) is 4.45. The van der Waals surface area contributed by atoms with Crippen LogP contribution in [0.15, 0.2) is 24.5 Å². The van der Waals surface area contributed by atoms with Crippen molar-refractivity contribution in [1.82, 2.24) is 4.57 Å². The van der Waals surface area contributed by atoms with Crippen molar-refractivity contribution in [3.63, 3.8) is 0 Å². The van der Waals surface area contributed by atoms with Gasteiger partial charge in [0.25, 0.3) is 0 Å². The molecule has 14 heavy (non-hydrogen) atoms. The third-order valence-corrected chi connectivity index (χ3v) is 1.87. The second-order valence-electron chi connectivity index (χ2n) is 2.98. The Morgan fingerprint density at radius 1 is 1.07 bits per heavy atom. The summed E-state index contributed by atoms with van der Waals surface area (Å²) in [5.41, 5.74) is 0. The highest BCUT2D eigenvalue weighted by Crippen LogP contribution is 2.16. The lowest BCUT2D eigenvalue weighted by atomic mass is 10.1. The first kappa shape index (κ1) is 10.3. The number of aliphatic carboxylic acids is 2. The van der Waals surface area contributed by atoms with Gasteiger partial charge in [0.2, 0.25) is 0 Å². The van der Waals surface area contributed by atoms with Crippen molar-refractivity contribution >= 4 is 11.9 Å². The highest BCUT2D eigenvalue weighted by Gasteiger charge is 2.17. The first-order valence-electron chi connectivity index (χ1n) is 4.15. The molecule has 0 aliphatic carbocycles. The summed E-state index contributed by atoms with van der Waals surface area (Å²) in [6.45, 7) is 0. The summed E-state index contributed by atoms with van der Waals surface area (Å²) in [5.74, 6) is -1.99. The molecule has 1 heterocycles. The molecular formula is C9H11NO4. The molecule has 1 aromatic rings. The molecule has 0 saturated heterocycles. The van der Waals surface area contributed by atoms with Crippen molar-refractivity contribution in [2.75, 3.05) is 0 Å². The lowest BCUT2D eigenvalue weighted by molar-refractivity contribution is -0.140. The number of hydrogen-bond donors (Lipinski definition) is 2. The van der Waals surface area contributed by atoms with Crippen molar-refractivity contribution < 1.29 is 19.8 Å². The molecule has 0 bridgehead atoms. The lowest BCUT2D eigenvalue weighted by Gasteiger charge is -2.14. The van der Waals surface area contributed by atoms with E-state index in [1.165, 1.54) is 0 Å². The van der Waals surface area contributed by atoms with Crippen LogP contribution in [-0.2, 0) is 9.59 Å². The number of hydrogen-bond acceptors (Lipinski definition) is 2. The molecule has 5 nitrogen and oxygen atoms in total. The average molecular weight is 197 g/mol. The van der Waals surface area contributed by atoms with Gasteiger partial charge in [-0.25, -0.2) is 0 Å². The minimum atomic E-state index is -0.995. The van der Waals surface area contributed by atoms with Crippen LogP contribution in [0.5, 0.6) is 0 Å². The van der Waals surface area contributed by atoms with E-state index in [1.54, 1.807) is 29.1 Å². The molecule has 0 aliphatic heterocycles. The summed E-state index contributed by atoms with van der Waals surface area (Å²) in [6.07, 6.45) is 2.97. The molecule has 0 aromatic carbocycles. The van der Waals surface area contributed by atoms with Crippen LogP contribution in [0.3, 0.4) is 0 Å². The summed E-state index contributed by atoms with van der Waals surface area (Å²) in [7, 11) is 0. The van der Waals surface area contributed by atoms with Crippen LogP contribution in [0.4, 0.5) is 0 Å². The summed E-state index contributed by atoms with van der Waals surface area (Å²) in [6, 6.07) is 2.95. The maximum Gasteiger partial charge on any atom is 0.305 e. The molecule has 76 valence electrons. The van der Waals surface area contributed by atoms with Gasteiger partial charge in [-0.15, -0.1) is 0 Å². The normalized spacial score (nSPS) is 10.4. The molecule has 0 fully saturated rings. The molecule has 1 rings (SSSR count). The van der Waals surface area contributed by atoms with Crippen molar-refractivity contribution in [2.24, 2.45) is 0 Å². The average Bonchev–Trinajstić information content (AvgIpc) is 2.52. The summed E-state index contributed by atoms with van der Waals surface area (Å²) >= 11 is 0. The summed E-state index contributed by atoms with van der Waals surface area (Å²) < 4.78 is 1.60. The van der Waals surface area contributed by atoms with Crippen molar-refractivity contribution in [3.8, 4) is 0 Å². The van der Waals surface area contributed by atoms with E-state index >= 15 is 0 Å². The molecule has 0 atom stereocenters. The van der Waals surface area contributed by atoms with Gasteiger partial charge in [-0.1, -0.05) is 0 Å². The van der Waals surface area contributed by atoms with E-state index < -0.39 is 18.0 Å². The highest BCUT2D eigenvalue weighted by molar-refractivity contribution is 5.71. The van der Waals surface area contributed by atoms with E-state index in [0.29, 0.717) is 0 Å². The fraction of sp³-hybridized carbons (Fsp3) is 0.333. The second-order valence-corrected chi connectivity index (χ2v) is 2.98. The minimum absolute atomic E-state index is 0.180. The van der Waals surface area contributed by atoms with Crippen LogP contribution in [0.1, 0.15) is 18.9 Å². The Balaban J connectivity index is 2.71. The van der Waals surface area contributed by atoms with Crippen LogP contribution in [0.2, 0.25) is 0 Å². The van der Waals surface area contributed by atoms with Gasteiger partial charge in [0.05, 0.1) is 18.9 Å². The molecule has 0 unspecified atom stereocenters. The SMILES string of the molecule is O=C(O)CC(CC(=O)O)n1cccc1. The van der Waals surface area contributed by atoms with Gasteiger partial charge in [-0.05, 0) is 12.1 Å². The van der Waals surface area contributed by atoms with E-state index in [1.807, 2.05) is 0 Å². The zero-order valence-electron chi connectivity index (χ0n) is 7.46. The summed E-state index contributed by atoms with van der Waals surface area (Å²) in [4.78, 5) is 21.0. The molecular weight excluding hydrogens is 186 g/mol. The predicted molar refractivity (Wildman–Crippen MR) is 48.0 cm³/mol. The van der Waals surface area contributed by atoms with Gasteiger partial charge in [0, 0.05) is 12.4 Å². The molecule has 1 aromatic heterocycles. The van der Waals surface area contributed by atoms with Crippen LogP contribution >= 0.6 is 0 Å². The predicted octanol–water partition coefficient (Wildman–Crippen LogP) is 0.979. The fourth-order valence-electron chi connectivity index (χ4n) is 1.28. The number of rotatable bonds is 5. The Hall–Kier alpha value is -1.78. The largest absolute Gasteiger partial charge is 0.481 e. The Morgan fingerprint density at radius 2 is 1.50 bits per heavy atom. The topological polar surface area (TPSA) is 79.5 Å². The molecule has 2 N–H and O–H groups in total. The van der Waals surface area contributed by atoms with Gasteiger partial charge in [0.1, 0.15) is 0 Å². The molecule has 0 spiro atoms. The van der Waals surface area contributed by atoms with Crippen LogP contribution < -0.4 is 0 Å². The maximum atomic E-state index is 10.5. The van der Waals surface area contributed by atoms with Crippen molar-refractivity contribution in [2.45, 2.75) is 18.9 Å². The van der Waals surface area contributed by atoms with Crippen LogP contribution in [0.25, 0.3) is 0 Å². The quantitative estimate of drug-likeness (QED) is 0.737.